The van der Waals surface area contributed by atoms with Crippen LogP contribution in [0.3, 0.4) is 0 Å². The van der Waals surface area contributed by atoms with Gasteiger partial charge in [0, 0.05) is 30.8 Å². The molecule has 2 atom stereocenters. The minimum absolute atomic E-state index is 0.0155. The Morgan fingerprint density at radius 2 is 1.62 bits per heavy atom. The standard InChI is InChI=1S/C19H12BrF5N2O4.C19H16ClF2N3O3S.C6H13NO/c20-16-15(8-1-3-9(4-2-8)19(23,24)25)27-18(31-16)12(7-28)30-11-6-5-10(21)13(14(11)22)17(26)29;1-3-9(2)17(26)25-18(27)15-11(21)4-5-13(16(15)22)28-8-14-24-12-6-10(20)7-23-19(12)29-14;1-7-4-2-6(8)3-5-7/h1-6,12,28H,7H2,(H2,26,29);4-7,9H,3,8H2,1-2H3,(H,25,26,27);6,8H,2-5H2,1H3. The molecular weight excluding hydrogens is 1020 g/mol. The lowest BCUT2D eigenvalue weighted by atomic mass is 10.1. The number of aliphatic hydroxyl groups excluding tert-OH is 2. The molecule has 2 unspecified atom stereocenters. The number of nitrogens with one attached hydrogen (secondary N) is 1. The van der Waals surface area contributed by atoms with Gasteiger partial charge in [-0.1, -0.05) is 48.9 Å². The van der Waals surface area contributed by atoms with Gasteiger partial charge in [0.05, 0.1) is 23.3 Å². The van der Waals surface area contributed by atoms with Crippen LogP contribution in [0.1, 0.15) is 76.4 Å². The van der Waals surface area contributed by atoms with Gasteiger partial charge in [0.15, 0.2) is 33.9 Å². The molecule has 68 heavy (non-hydrogen) atoms. The Morgan fingerprint density at radius 3 is 2.21 bits per heavy atom. The topological polar surface area (TPSA) is 203 Å². The second-order valence-electron chi connectivity index (χ2n) is 14.9. The fourth-order valence-corrected chi connectivity index (χ4v) is 7.43. The highest BCUT2D eigenvalue weighted by molar-refractivity contribution is 9.10. The fourth-order valence-electron chi connectivity index (χ4n) is 5.99. The number of oxazole rings is 1. The van der Waals surface area contributed by atoms with E-state index >= 15 is 0 Å². The number of nitrogens with zero attached hydrogens (tertiary/aromatic N) is 4. The summed E-state index contributed by atoms with van der Waals surface area (Å²) >= 11 is 10.2. The summed E-state index contributed by atoms with van der Waals surface area (Å²) in [4.78, 5) is 50.7. The second kappa shape index (κ2) is 23.5. The average molecular weight is 1060 g/mol. The van der Waals surface area contributed by atoms with E-state index in [-0.39, 0.29) is 40.3 Å². The molecule has 6 aromatic rings. The number of hydrogen-bond acceptors (Lipinski definition) is 13. The summed E-state index contributed by atoms with van der Waals surface area (Å²) in [6.07, 6.45) is -2.05. The van der Waals surface area contributed by atoms with Crippen LogP contribution in [-0.4, -0.2) is 80.6 Å². The summed E-state index contributed by atoms with van der Waals surface area (Å²) in [7, 11) is 2.09. The van der Waals surface area contributed by atoms with Gasteiger partial charge < -0.3 is 34.7 Å². The molecule has 4 heterocycles. The van der Waals surface area contributed by atoms with E-state index in [9.17, 15) is 50.2 Å². The lowest BCUT2D eigenvalue weighted by Gasteiger charge is -2.25. The van der Waals surface area contributed by atoms with E-state index in [1.54, 1.807) is 19.9 Å². The van der Waals surface area contributed by atoms with Crippen LogP contribution in [0.2, 0.25) is 5.02 Å². The minimum Gasteiger partial charge on any atom is -0.483 e. The van der Waals surface area contributed by atoms with Crippen molar-refractivity contribution in [3.63, 3.8) is 0 Å². The molecule has 0 aliphatic carbocycles. The van der Waals surface area contributed by atoms with E-state index in [2.05, 4.69) is 42.8 Å². The predicted octanol–water partition coefficient (Wildman–Crippen LogP) is 9.19. The number of amides is 3. The van der Waals surface area contributed by atoms with Crippen molar-refractivity contribution in [1.82, 2.24) is 25.2 Å². The van der Waals surface area contributed by atoms with Crippen LogP contribution in [0.15, 0.2) is 69.9 Å². The smallest absolute Gasteiger partial charge is 0.416 e. The molecular formula is C44H41BrClF7N6O8S. The lowest BCUT2D eigenvalue weighted by Crippen LogP contribution is -2.35. The van der Waals surface area contributed by atoms with E-state index in [4.69, 9.17) is 36.3 Å². The van der Waals surface area contributed by atoms with E-state index in [0.717, 1.165) is 62.3 Å². The highest BCUT2D eigenvalue weighted by Gasteiger charge is 2.31. The number of hydrogen-bond donors (Lipinski definition) is 4. The molecule has 0 saturated carbocycles. The van der Waals surface area contributed by atoms with Gasteiger partial charge in [0.1, 0.15) is 50.4 Å². The van der Waals surface area contributed by atoms with Gasteiger partial charge in [-0.3, -0.25) is 19.7 Å². The molecule has 364 valence electrons. The predicted molar refractivity (Wildman–Crippen MR) is 238 cm³/mol. The summed E-state index contributed by atoms with van der Waals surface area (Å²) in [5.41, 5.74) is 3.13. The number of pyridine rings is 1. The first-order valence-electron chi connectivity index (χ1n) is 20.2. The average Bonchev–Trinajstić information content (AvgIpc) is 3.89. The number of aromatic nitrogens is 3. The van der Waals surface area contributed by atoms with Crippen LogP contribution in [0.25, 0.3) is 21.6 Å². The second-order valence-corrected chi connectivity index (χ2v) is 17.1. The number of thiazole rings is 1. The summed E-state index contributed by atoms with van der Waals surface area (Å²) in [6.45, 7) is 4.60. The number of primary amides is 1. The van der Waals surface area contributed by atoms with Crippen molar-refractivity contribution < 1.29 is 69.2 Å². The number of benzene rings is 3. The summed E-state index contributed by atoms with van der Waals surface area (Å²) in [5.74, 6) is -9.63. The third-order valence-electron chi connectivity index (χ3n) is 9.98. The van der Waals surface area contributed by atoms with Crippen molar-refractivity contribution in [3.8, 4) is 22.8 Å². The maximum absolute atomic E-state index is 14.7. The molecule has 5 N–H and O–H groups in total. The summed E-state index contributed by atoms with van der Waals surface area (Å²) in [6, 6.07) is 9.30. The monoisotopic (exact) mass is 1060 g/mol. The fraction of sp³-hybridized carbons (Fsp3) is 0.318. The SMILES string of the molecule is CCC(C)C(=O)NC(=O)c1c(F)ccc(OCc2nc3cc(Cl)cnc3s2)c1F.CN1CCC(O)CC1.NC(=O)c1c(F)ccc(OC(CO)c2nc(-c3ccc(C(F)(F)F)cc3)c(Br)o2)c1F. The van der Waals surface area contributed by atoms with E-state index in [0.29, 0.717) is 26.8 Å². The molecule has 3 amide bonds. The number of alkyl halides is 3. The minimum atomic E-state index is -4.51. The maximum atomic E-state index is 14.7. The molecule has 24 heteroatoms. The number of rotatable bonds is 12. The van der Waals surface area contributed by atoms with Gasteiger partial charge in [-0.15, -0.1) is 0 Å². The van der Waals surface area contributed by atoms with Gasteiger partial charge in [0.2, 0.25) is 11.8 Å². The molecule has 7 rings (SSSR count). The number of piperidine rings is 1. The van der Waals surface area contributed by atoms with Crippen molar-refractivity contribution >= 4 is 66.9 Å². The van der Waals surface area contributed by atoms with Crippen LogP contribution in [0.4, 0.5) is 30.7 Å². The van der Waals surface area contributed by atoms with Crippen molar-refractivity contribution in [2.45, 2.75) is 58.1 Å². The van der Waals surface area contributed by atoms with Gasteiger partial charge in [-0.2, -0.15) is 13.2 Å². The highest BCUT2D eigenvalue weighted by Crippen LogP contribution is 2.36. The van der Waals surface area contributed by atoms with Gasteiger partial charge in [0.25, 0.3) is 11.8 Å². The Kier molecular flexibility index (Phi) is 18.4. The molecule has 1 saturated heterocycles. The van der Waals surface area contributed by atoms with Gasteiger partial charge >= 0.3 is 6.18 Å². The van der Waals surface area contributed by atoms with Crippen LogP contribution >= 0.6 is 38.9 Å². The van der Waals surface area contributed by atoms with Crippen molar-refractivity contribution in [2.24, 2.45) is 11.7 Å². The zero-order chi connectivity index (χ0) is 50.0. The first-order valence-corrected chi connectivity index (χ1v) is 22.2. The van der Waals surface area contributed by atoms with E-state index in [1.165, 1.54) is 29.7 Å². The molecule has 0 radical (unpaired) electrons. The molecule has 1 fully saturated rings. The van der Waals surface area contributed by atoms with Crippen LogP contribution in [-0.2, 0) is 17.6 Å². The molecule has 0 bridgehead atoms. The number of likely N-dealkylation sites (tertiary alicyclic amines) is 1. The molecule has 3 aromatic heterocycles. The van der Waals surface area contributed by atoms with Crippen LogP contribution in [0, 0.1) is 29.2 Å². The number of carbonyl (C=O) groups excluding carboxylic acids is 3. The van der Waals surface area contributed by atoms with Gasteiger partial charge in [-0.25, -0.2) is 32.5 Å². The zero-order valence-electron chi connectivity index (χ0n) is 36.0. The maximum Gasteiger partial charge on any atom is 0.416 e. The lowest BCUT2D eigenvalue weighted by molar-refractivity contribution is -0.137. The largest absolute Gasteiger partial charge is 0.483 e. The number of carbonyl (C=O) groups is 3. The van der Waals surface area contributed by atoms with Crippen molar-refractivity contribution in [2.75, 3.05) is 26.7 Å². The third kappa shape index (κ3) is 13.7. The van der Waals surface area contributed by atoms with Crippen LogP contribution in [0.5, 0.6) is 11.5 Å². The number of nitrogens with two attached hydrogens (primary N) is 1. The quantitative estimate of drug-likeness (QED) is 0.0848. The van der Waals surface area contributed by atoms with Crippen molar-refractivity contribution in [1.29, 1.82) is 0 Å². The number of aliphatic hydroxyl groups is 2. The third-order valence-corrected chi connectivity index (χ3v) is 11.7. The molecule has 14 nitrogen and oxygen atoms in total. The van der Waals surface area contributed by atoms with Crippen LogP contribution < -0.4 is 20.5 Å². The zero-order valence-corrected chi connectivity index (χ0v) is 39.1. The molecule has 1 aliphatic rings. The molecule has 1 aliphatic heterocycles. The van der Waals surface area contributed by atoms with E-state index < -0.39 is 88.2 Å². The van der Waals surface area contributed by atoms with Gasteiger partial charge in [-0.05, 0) is 84.7 Å². The Morgan fingerprint density at radius 1 is 1.00 bits per heavy atom. The number of imide groups is 1. The number of ether oxygens (including phenoxy) is 2. The van der Waals surface area contributed by atoms with Crippen molar-refractivity contribution in [3.05, 3.63) is 121 Å². The number of halogens is 9. The molecule has 3 aromatic carbocycles. The highest BCUT2D eigenvalue weighted by atomic mass is 79.9. The number of fused-ring (bicyclic) bond motifs is 1. The Bertz CT molecular complexity index is 2730. The van der Waals surface area contributed by atoms with E-state index in [1.807, 2.05) is 5.32 Å². The Hall–Kier alpha value is -5.72. The Labute approximate surface area is 400 Å². The Balaban J connectivity index is 0.000000218. The summed E-state index contributed by atoms with van der Waals surface area (Å²) < 4.78 is 111. The normalized spacial score (nSPS) is 14.0. The first-order chi connectivity index (χ1) is 32.1. The first kappa shape index (κ1) is 53.2. The summed E-state index contributed by atoms with van der Waals surface area (Å²) in [5, 5.41) is 21.5. The molecule has 0 spiro atoms.